The summed E-state index contributed by atoms with van der Waals surface area (Å²) in [7, 11) is 0. The average Bonchev–Trinajstić information content (AvgIpc) is 3.38. The van der Waals surface area contributed by atoms with Crippen molar-refractivity contribution in [3.05, 3.63) is 59.2 Å². The Hall–Kier alpha value is -2.73. The van der Waals surface area contributed by atoms with Gasteiger partial charge in [0.25, 0.3) is 0 Å². The van der Waals surface area contributed by atoms with Gasteiger partial charge in [-0.1, -0.05) is 25.1 Å². The lowest BCUT2D eigenvalue weighted by Crippen LogP contribution is -2.69. The minimum atomic E-state index is -2.19. The van der Waals surface area contributed by atoms with E-state index in [1.54, 1.807) is 13.0 Å². The van der Waals surface area contributed by atoms with E-state index in [0.717, 1.165) is 5.56 Å². The maximum atomic E-state index is 17.5. The van der Waals surface area contributed by atoms with Gasteiger partial charge in [-0.3, -0.25) is 14.5 Å². The first-order chi connectivity index (χ1) is 18.4. The van der Waals surface area contributed by atoms with Gasteiger partial charge in [-0.2, -0.15) is 5.26 Å². The van der Waals surface area contributed by atoms with Crippen LogP contribution in [0, 0.1) is 45.3 Å². The van der Waals surface area contributed by atoms with Crippen molar-refractivity contribution < 1.29 is 28.6 Å². The third kappa shape index (κ3) is 3.27. The van der Waals surface area contributed by atoms with Crippen molar-refractivity contribution in [3.63, 3.8) is 0 Å². The molecule has 1 aromatic carbocycles. The molecule has 8 heteroatoms. The minimum Gasteiger partial charge on any atom is -0.390 e. The van der Waals surface area contributed by atoms with Crippen molar-refractivity contribution >= 4 is 11.6 Å². The number of nitrogens with zero attached hydrogens (tertiary/aromatic N) is 2. The van der Waals surface area contributed by atoms with Crippen LogP contribution in [0.3, 0.4) is 0 Å². The topological polar surface area (TPSA) is 102 Å². The highest BCUT2D eigenvalue weighted by Crippen LogP contribution is 2.74. The Morgan fingerprint density at radius 3 is 2.74 bits per heavy atom. The fourth-order valence-electron chi connectivity index (χ4n) is 9.64. The minimum absolute atomic E-state index is 0.00622. The van der Waals surface area contributed by atoms with Crippen molar-refractivity contribution in [2.75, 3.05) is 19.7 Å². The molecule has 0 radical (unpaired) electrons. The van der Waals surface area contributed by atoms with Crippen LogP contribution in [0.2, 0.25) is 0 Å². The van der Waals surface area contributed by atoms with E-state index in [9.17, 15) is 25.1 Å². The monoisotopic (exact) mass is 536 g/mol. The summed E-state index contributed by atoms with van der Waals surface area (Å²) in [6.45, 7) is 4.26. The van der Waals surface area contributed by atoms with Crippen molar-refractivity contribution in [3.8, 4) is 6.07 Å². The zero-order valence-corrected chi connectivity index (χ0v) is 22.2. The number of nitriles is 1. The maximum absolute atomic E-state index is 17.5. The number of rotatable bonds is 4. The Morgan fingerprint density at radius 2 is 2.03 bits per heavy atom. The van der Waals surface area contributed by atoms with Crippen LogP contribution in [-0.4, -0.2) is 64.3 Å². The number of Topliss-reactive ketones (excluding diaryl/α,β-unsaturated/α-hetero) is 1. The first kappa shape index (κ1) is 26.5. The SMILES string of the molecule is C[C@]12C=CC(=O)C=C1[C@@H](F)C[C@H]1[C@@H]3C[C@H]4CN(Cc5cccc(C#N)c5)C[C@]4(C(=O)CO)[C@@]3(C)C[C@H](O)[C@@]12F. The number of alkyl halides is 2. The van der Waals surface area contributed by atoms with Gasteiger partial charge in [-0.25, -0.2) is 8.78 Å². The number of aliphatic hydroxyl groups excluding tert-OH is 2. The second kappa shape index (κ2) is 8.63. The highest BCUT2D eigenvalue weighted by atomic mass is 19.1. The number of aliphatic hydroxyl groups is 2. The van der Waals surface area contributed by atoms with E-state index in [2.05, 4.69) is 11.0 Å². The van der Waals surface area contributed by atoms with Gasteiger partial charge in [-0.05, 0) is 78.9 Å². The fourth-order valence-corrected chi connectivity index (χ4v) is 9.64. The van der Waals surface area contributed by atoms with Crippen molar-refractivity contribution in [2.24, 2.45) is 34.0 Å². The van der Waals surface area contributed by atoms with Crippen LogP contribution in [0.5, 0.6) is 0 Å². The smallest absolute Gasteiger partial charge is 0.178 e. The van der Waals surface area contributed by atoms with E-state index in [1.807, 2.05) is 25.1 Å². The van der Waals surface area contributed by atoms with Crippen LogP contribution in [0.15, 0.2) is 48.1 Å². The largest absolute Gasteiger partial charge is 0.390 e. The number of hydrogen-bond acceptors (Lipinski definition) is 6. The third-order valence-corrected chi connectivity index (χ3v) is 11.3. The molecule has 1 aromatic rings. The number of carbonyl (C=O) groups excluding carboxylic acids is 2. The molecule has 1 saturated heterocycles. The summed E-state index contributed by atoms with van der Waals surface area (Å²) in [6, 6.07) is 9.45. The van der Waals surface area contributed by atoms with Crippen molar-refractivity contribution in [2.45, 2.75) is 57.6 Å². The molecule has 6 nitrogen and oxygen atoms in total. The second-order valence-corrected chi connectivity index (χ2v) is 12.8. The molecule has 4 aliphatic carbocycles. The molecule has 2 N–H and O–H groups in total. The number of allylic oxidation sites excluding steroid dienone is 4. The first-order valence-corrected chi connectivity index (χ1v) is 13.8. The fraction of sp³-hybridized carbons (Fsp3) is 0.581. The lowest BCUT2D eigenvalue weighted by molar-refractivity contribution is -0.212. The van der Waals surface area contributed by atoms with E-state index < -0.39 is 46.7 Å². The highest BCUT2D eigenvalue weighted by Gasteiger charge is 2.78. The summed E-state index contributed by atoms with van der Waals surface area (Å²) in [4.78, 5) is 27.9. The molecule has 0 aromatic heterocycles. The molecular formula is C31H34F2N2O4. The third-order valence-electron chi connectivity index (χ3n) is 11.3. The number of carbonyl (C=O) groups is 2. The number of halogens is 2. The summed E-state index contributed by atoms with van der Waals surface area (Å²) in [6.07, 6.45) is 1.21. The van der Waals surface area contributed by atoms with Crippen LogP contribution < -0.4 is 0 Å². The number of ketones is 2. The Labute approximate surface area is 227 Å². The molecule has 39 heavy (non-hydrogen) atoms. The molecule has 6 rings (SSSR count). The number of hydrogen-bond donors (Lipinski definition) is 2. The summed E-state index contributed by atoms with van der Waals surface area (Å²) in [5, 5.41) is 31.1. The zero-order valence-electron chi connectivity index (χ0n) is 22.2. The molecule has 1 heterocycles. The van der Waals surface area contributed by atoms with Crippen molar-refractivity contribution in [1.82, 2.24) is 4.90 Å². The molecule has 1 aliphatic heterocycles. The van der Waals surface area contributed by atoms with E-state index in [0.29, 0.717) is 31.6 Å². The summed E-state index contributed by atoms with van der Waals surface area (Å²) < 4.78 is 33.2. The first-order valence-electron chi connectivity index (χ1n) is 13.8. The molecular weight excluding hydrogens is 502 g/mol. The number of benzene rings is 1. The van der Waals surface area contributed by atoms with E-state index in [-0.39, 0.29) is 41.8 Å². The molecule has 4 fully saturated rings. The van der Waals surface area contributed by atoms with Crippen LogP contribution >= 0.6 is 0 Å². The maximum Gasteiger partial charge on any atom is 0.178 e. The number of likely N-dealkylation sites (tertiary alicyclic amines) is 1. The molecule has 9 atom stereocenters. The summed E-state index contributed by atoms with van der Waals surface area (Å²) >= 11 is 0. The van der Waals surface area contributed by atoms with Crippen molar-refractivity contribution in [1.29, 1.82) is 5.26 Å². The Morgan fingerprint density at radius 1 is 1.26 bits per heavy atom. The van der Waals surface area contributed by atoms with Gasteiger partial charge >= 0.3 is 0 Å². The van der Waals surface area contributed by atoms with E-state index in [1.165, 1.54) is 18.2 Å². The van der Waals surface area contributed by atoms with Gasteiger partial charge in [0.05, 0.1) is 23.2 Å². The van der Waals surface area contributed by atoms with Crippen LogP contribution in [0.25, 0.3) is 0 Å². The normalized spacial score (nSPS) is 44.6. The van der Waals surface area contributed by atoms with Crippen LogP contribution in [-0.2, 0) is 16.1 Å². The molecule has 0 spiro atoms. The van der Waals surface area contributed by atoms with Gasteiger partial charge in [0.2, 0.25) is 0 Å². The average molecular weight is 537 g/mol. The van der Waals surface area contributed by atoms with Gasteiger partial charge in [0.15, 0.2) is 17.2 Å². The Kier molecular flexibility index (Phi) is 5.86. The Bertz CT molecular complexity index is 1350. The molecule has 5 aliphatic rings. The Balaban J connectivity index is 1.39. The lowest BCUT2D eigenvalue weighted by Gasteiger charge is -2.63. The molecule has 3 saturated carbocycles. The van der Waals surface area contributed by atoms with Gasteiger partial charge in [0, 0.05) is 31.0 Å². The van der Waals surface area contributed by atoms with Gasteiger partial charge in [-0.15, -0.1) is 0 Å². The molecule has 0 bridgehead atoms. The van der Waals surface area contributed by atoms with Crippen LogP contribution in [0.4, 0.5) is 8.78 Å². The second-order valence-electron chi connectivity index (χ2n) is 12.8. The van der Waals surface area contributed by atoms with Gasteiger partial charge in [0.1, 0.15) is 12.8 Å². The predicted octanol–water partition coefficient (Wildman–Crippen LogP) is 3.47. The van der Waals surface area contributed by atoms with Gasteiger partial charge < -0.3 is 10.2 Å². The summed E-state index contributed by atoms with van der Waals surface area (Å²) in [5.74, 6) is -2.11. The quantitative estimate of drug-likeness (QED) is 0.611. The van der Waals surface area contributed by atoms with E-state index in [4.69, 9.17) is 0 Å². The molecule has 0 unspecified atom stereocenters. The predicted molar refractivity (Wildman–Crippen MR) is 138 cm³/mol. The zero-order chi connectivity index (χ0) is 28.0. The molecule has 0 amide bonds. The standard InChI is InChI=1S/C31H34F2N2O4/c1-28-7-6-21(37)10-24(28)25(32)11-23-22-9-20-15-35(14-19-5-3-4-18(8-19)13-34)17-30(20,27(39)16-36)29(22,2)12-26(38)31(23,28)33/h3-8,10,20,22-23,25-26,36,38H,9,11-12,14-17H2,1-2H3/t20-,22-,23-,25-,26-,28-,29-,30-,31-/m0/s1. The molecule has 206 valence electrons. The number of fused-ring (bicyclic) bond motifs is 7. The highest BCUT2D eigenvalue weighted by molar-refractivity contribution is 6.01. The van der Waals surface area contributed by atoms with Crippen LogP contribution in [0.1, 0.15) is 44.2 Å². The summed E-state index contributed by atoms with van der Waals surface area (Å²) in [5.41, 5.74) is -3.95. The lowest BCUT2D eigenvalue weighted by atomic mass is 9.43. The van der Waals surface area contributed by atoms with E-state index >= 15 is 8.78 Å².